The molecule has 8 heteroatoms. The highest BCUT2D eigenvalue weighted by Crippen LogP contribution is 2.32. The van der Waals surface area contributed by atoms with Crippen molar-refractivity contribution in [2.75, 3.05) is 7.11 Å². The number of nitrogens with zero attached hydrogens (tertiary/aromatic N) is 4. The lowest BCUT2D eigenvalue weighted by atomic mass is 9.97. The summed E-state index contributed by atoms with van der Waals surface area (Å²) in [5.74, 6) is -0.300. The van der Waals surface area contributed by atoms with Gasteiger partial charge in [0.05, 0.1) is 31.1 Å². The summed E-state index contributed by atoms with van der Waals surface area (Å²) in [6.07, 6.45) is 6.95. The lowest BCUT2D eigenvalue weighted by Crippen LogP contribution is -2.05. The van der Waals surface area contributed by atoms with Crippen LogP contribution in [0, 0.1) is 18.7 Å². The van der Waals surface area contributed by atoms with E-state index < -0.39 is 11.8 Å². The number of methoxy groups -OCH3 is 1. The van der Waals surface area contributed by atoms with E-state index in [0.29, 0.717) is 30.1 Å². The van der Waals surface area contributed by atoms with Crippen molar-refractivity contribution in [3.05, 3.63) is 88.6 Å². The van der Waals surface area contributed by atoms with E-state index in [-0.39, 0.29) is 5.56 Å². The van der Waals surface area contributed by atoms with Crippen LogP contribution in [0.15, 0.2) is 54.9 Å². The van der Waals surface area contributed by atoms with Crippen LogP contribution >= 0.6 is 0 Å². The molecule has 0 spiro atoms. The third-order valence-electron chi connectivity index (χ3n) is 6.50. The number of carbonyl (C=O) groups is 1. The van der Waals surface area contributed by atoms with Crippen molar-refractivity contribution in [2.24, 2.45) is 5.92 Å². The Morgan fingerprint density at radius 1 is 1.17 bits per heavy atom. The van der Waals surface area contributed by atoms with Gasteiger partial charge in [0.15, 0.2) is 0 Å². The van der Waals surface area contributed by atoms with Crippen LogP contribution in [0.25, 0.3) is 11.3 Å². The lowest BCUT2D eigenvalue weighted by molar-refractivity contribution is 0.0697. The maximum absolute atomic E-state index is 13.9. The van der Waals surface area contributed by atoms with Gasteiger partial charge in [-0.15, -0.1) is 0 Å². The van der Waals surface area contributed by atoms with Crippen molar-refractivity contribution in [3.8, 4) is 17.0 Å². The Balaban J connectivity index is 1.55. The zero-order chi connectivity index (χ0) is 24.5. The van der Waals surface area contributed by atoms with Gasteiger partial charge in [0, 0.05) is 36.0 Å². The van der Waals surface area contributed by atoms with Crippen molar-refractivity contribution < 1.29 is 19.0 Å². The first-order chi connectivity index (χ1) is 16.9. The molecule has 1 aliphatic rings. The Morgan fingerprint density at radius 3 is 2.63 bits per heavy atom. The molecule has 0 atom stereocenters. The highest BCUT2D eigenvalue weighted by Gasteiger charge is 2.24. The van der Waals surface area contributed by atoms with Gasteiger partial charge in [-0.1, -0.05) is 12.1 Å². The number of halogens is 1. The van der Waals surface area contributed by atoms with Crippen LogP contribution in [0.2, 0.25) is 0 Å². The zero-order valence-corrected chi connectivity index (χ0v) is 19.7. The molecule has 2 aromatic carbocycles. The molecule has 1 aliphatic carbocycles. The molecular formula is C27H27FN4O3. The van der Waals surface area contributed by atoms with E-state index in [0.717, 1.165) is 40.7 Å². The van der Waals surface area contributed by atoms with Gasteiger partial charge >= 0.3 is 5.97 Å². The average Bonchev–Trinajstić information content (AvgIpc) is 3.48. The van der Waals surface area contributed by atoms with Gasteiger partial charge in [-0.05, 0) is 67.1 Å². The number of benzene rings is 2. The van der Waals surface area contributed by atoms with E-state index in [4.69, 9.17) is 9.84 Å². The number of hydrogen-bond acceptors (Lipinski definition) is 4. The van der Waals surface area contributed by atoms with Gasteiger partial charge in [0.2, 0.25) is 0 Å². The minimum atomic E-state index is -1.19. The fraction of sp³-hybridized carbons (Fsp3) is 0.296. The number of aromatic nitrogens is 4. The molecule has 2 heterocycles. The second-order valence-corrected chi connectivity index (χ2v) is 9.10. The molecule has 0 amide bonds. The Morgan fingerprint density at radius 2 is 1.94 bits per heavy atom. The summed E-state index contributed by atoms with van der Waals surface area (Å²) < 4.78 is 23.0. The predicted octanol–water partition coefficient (Wildman–Crippen LogP) is 4.95. The highest BCUT2D eigenvalue weighted by molar-refractivity contribution is 5.96. The molecule has 1 N–H and O–H groups in total. The standard InChI is InChI=1S/C27H27FN4O3/c1-17-24(11-20-13-29-31(15-20)14-18-3-4-18)26(23-10-7-21(28)12-25(23)27(33)34)30-32(17)16-19-5-8-22(35-2)9-6-19/h5-10,12-13,15,18H,3-4,11,14,16H2,1-2H3,(H,33,34). The summed E-state index contributed by atoms with van der Waals surface area (Å²) in [6, 6.07) is 11.6. The molecular weight excluding hydrogens is 447 g/mol. The van der Waals surface area contributed by atoms with Crippen molar-refractivity contribution in [2.45, 2.75) is 39.3 Å². The van der Waals surface area contributed by atoms with Crippen LogP contribution in [-0.2, 0) is 19.5 Å². The van der Waals surface area contributed by atoms with Gasteiger partial charge in [-0.3, -0.25) is 9.36 Å². The summed E-state index contributed by atoms with van der Waals surface area (Å²) in [4.78, 5) is 11.9. The van der Waals surface area contributed by atoms with Gasteiger partial charge in [0.25, 0.3) is 0 Å². The van der Waals surface area contributed by atoms with Crippen LogP contribution in [-0.4, -0.2) is 37.7 Å². The van der Waals surface area contributed by atoms with Crippen molar-refractivity contribution >= 4 is 5.97 Å². The lowest BCUT2D eigenvalue weighted by Gasteiger charge is -2.07. The van der Waals surface area contributed by atoms with E-state index in [1.807, 2.05) is 52.9 Å². The van der Waals surface area contributed by atoms with Crippen molar-refractivity contribution in [3.63, 3.8) is 0 Å². The van der Waals surface area contributed by atoms with Crippen molar-refractivity contribution in [1.29, 1.82) is 0 Å². The minimum Gasteiger partial charge on any atom is -0.497 e. The van der Waals surface area contributed by atoms with Gasteiger partial charge < -0.3 is 9.84 Å². The van der Waals surface area contributed by atoms with E-state index in [2.05, 4.69) is 5.10 Å². The molecule has 0 bridgehead atoms. The van der Waals surface area contributed by atoms with Crippen LogP contribution in [0.5, 0.6) is 5.75 Å². The Bertz CT molecular complexity index is 1370. The molecule has 2 aromatic heterocycles. The molecule has 7 nitrogen and oxygen atoms in total. The molecule has 0 radical (unpaired) electrons. The second kappa shape index (κ2) is 9.37. The van der Waals surface area contributed by atoms with Crippen molar-refractivity contribution in [1.82, 2.24) is 19.6 Å². The number of carboxylic acids is 1. The van der Waals surface area contributed by atoms with E-state index in [1.54, 1.807) is 7.11 Å². The number of ether oxygens (including phenoxy) is 1. The fourth-order valence-electron chi connectivity index (χ4n) is 4.34. The van der Waals surface area contributed by atoms with Crippen LogP contribution < -0.4 is 4.74 Å². The maximum Gasteiger partial charge on any atom is 0.336 e. The van der Waals surface area contributed by atoms with E-state index in [1.165, 1.54) is 25.0 Å². The van der Waals surface area contributed by atoms with E-state index in [9.17, 15) is 14.3 Å². The number of carboxylic acid groups (broad SMARTS) is 1. The molecule has 180 valence electrons. The Labute approximate surface area is 202 Å². The number of rotatable bonds is 9. The first kappa shape index (κ1) is 22.8. The summed E-state index contributed by atoms with van der Waals surface area (Å²) in [6.45, 7) is 3.41. The SMILES string of the molecule is COc1ccc(Cn2nc(-c3ccc(F)cc3C(=O)O)c(Cc3cnn(CC4CC4)c3)c2C)cc1. The second-order valence-electron chi connectivity index (χ2n) is 9.10. The first-order valence-electron chi connectivity index (χ1n) is 11.6. The van der Waals surface area contributed by atoms with Crippen LogP contribution in [0.4, 0.5) is 4.39 Å². The first-order valence-corrected chi connectivity index (χ1v) is 11.6. The molecule has 0 saturated heterocycles. The quantitative estimate of drug-likeness (QED) is 0.371. The summed E-state index contributed by atoms with van der Waals surface area (Å²) in [5, 5.41) is 19.1. The summed E-state index contributed by atoms with van der Waals surface area (Å²) in [7, 11) is 1.63. The van der Waals surface area contributed by atoms with Crippen LogP contribution in [0.3, 0.4) is 0 Å². The monoisotopic (exact) mass is 474 g/mol. The van der Waals surface area contributed by atoms with Crippen LogP contribution in [0.1, 0.15) is 45.6 Å². The summed E-state index contributed by atoms with van der Waals surface area (Å²) >= 11 is 0. The minimum absolute atomic E-state index is 0.107. The molecule has 5 rings (SSSR count). The molecule has 1 fully saturated rings. The predicted molar refractivity (Wildman–Crippen MR) is 129 cm³/mol. The average molecular weight is 475 g/mol. The topological polar surface area (TPSA) is 82.2 Å². The molecule has 0 unspecified atom stereocenters. The third kappa shape index (κ3) is 4.96. The molecule has 4 aromatic rings. The Kier molecular flexibility index (Phi) is 6.11. The van der Waals surface area contributed by atoms with Gasteiger partial charge in [-0.2, -0.15) is 10.2 Å². The van der Waals surface area contributed by atoms with Gasteiger partial charge in [-0.25, -0.2) is 9.18 Å². The fourth-order valence-corrected chi connectivity index (χ4v) is 4.34. The summed E-state index contributed by atoms with van der Waals surface area (Å²) in [5.41, 5.74) is 4.72. The van der Waals surface area contributed by atoms with Gasteiger partial charge in [0.1, 0.15) is 11.6 Å². The third-order valence-corrected chi connectivity index (χ3v) is 6.50. The number of aromatic carboxylic acids is 1. The number of hydrogen-bond donors (Lipinski definition) is 1. The Hall–Kier alpha value is -3.94. The molecule has 0 aliphatic heterocycles. The van der Waals surface area contributed by atoms with E-state index >= 15 is 0 Å². The smallest absolute Gasteiger partial charge is 0.336 e. The normalized spacial score (nSPS) is 13.2. The maximum atomic E-state index is 13.9. The largest absolute Gasteiger partial charge is 0.497 e. The molecule has 1 saturated carbocycles. The zero-order valence-electron chi connectivity index (χ0n) is 19.7. The molecule has 35 heavy (non-hydrogen) atoms. The highest BCUT2D eigenvalue weighted by atomic mass is 19.1.